The first kappa shape index (κ1) is 17.6. The fourth-order valence-electron chi connectivity index (χ4n) is 3.47. The molecule has 0 spiro atoms. The molecular weight excluding hydrogens is 360 g/mol. The third-order valence-electron chi connectivity index (χ3n) is 4.90. The molecule has 0 saturated carbocycles. The number of carbonyl (C=O) groups is 1. The van der Waals surface area contributed by atoms with Gasteiger partial charge in [-0.15, -0.1) is 11.3 Å². The van der Waals surface area contributed by atoms with E-state index in [9.17, 15) is 4.79 Å². The number of carbonyl (C=O) groups excluding carboxylic acids is 1. The van der Waals surface area contributed by atoms with Crippen molar-refractivity contribution in [2.45, 2.75) is 31.6 Å². The second-order valence-electron chi connectivity index (χ2n) is 6.62. The van der Waals surface area contributed by atoms with Gasteiger partial charge >= 0.3 is 0 Å². The highest BCUT2D eigenvalue weighted by Gasteiger charge is 2.20. The molecule has 1 aromatic carbocycles. The number of para-hydroxylation sites is 1. The van der Waals surface area contributed by atoms with Gasteiger partial charge in [0.25, 0.3) is 5.91 Å². The zero-order valence-corrected chi connectivity index (χ0v) is 16.2. The summed E-state index contributed by atoms with van der Waals surface area (Å²) in [4.78, 5) is 17.3. The summed E-state index contributed by atoms with van der Waals surface area (Å²) in [6, 6.07) is 8.22. The van der Waals surface area contributed by atoms with E-state index in [4.69, 9.17) is 0 Å². The highest BCUT2D eigenvalue weighted by atomic mass is 32.2. The number of hydrogen-bond donors (Lipinski definition) is 1. The highest BCUT2D eigenvalue weighted by molar-refractivity contribution is 7.99. The number of benzene rings is 1. The van der Waals surface area contributed by atoms with Crippen molar-refractivity contribution < 1.29 is 4.79 Å². The predicted octanol–water partition coefficient (Wildman–Crippen LogP) is 5.74. The first-order valence-corrected chi connectivity index (χ1v) is 11.1. The van der Waals surface area contributed by atoms with E-state index >= 15 is 0 Å². The number of nitrogens with zero attached hydrogens (tertiary/aromatic N) is 1. The third-order valence-corrected chi connectivity index (χ3v) is 6.86. The lowest BCUT2D eigenvalue weighted by atomic mass is 9.92. The number of rotatable bonds is 4. The molecule has 4 rings (SSSR count). The molecule has 1 aliphatic heterocycles. The van der Waals surface area contributed by atoms with Gasteiger partial charge in [-0.1, -0.05) is 36.4 Å². The number of allylic oxidation sites excluding steroid dienone is 4. The predicted molar refractivity (Wildman–Crippen MR) is 112 cm³/mol. The average molecular weight is 383 g/mol. The normalized spacial score (nSPS) is 17.8. The van der Waals surface area contributed by atoms with Crippen molar-refractivity contribution in [3.8, 4) is 0 Å². The molecule has 0 bridgehead atoms. The SMILES string of the molecule is O=C(Nc1ccccc1C1CCSCC1)c1csc(C2=CC=CCC2)n1. The van der Waals surface area contributed by atoms with Gasteiger partial charge in [0.2, 0.25) is 0 Å². The molecule has 3 nitrogen and oxygen atoms in total. The molecule has 26 heavy (non-hydrogen) atoms. The number of thioether (sulfide) groups is 1. The van der Waals surface area contributed by atoms with Crippen molar-refractivity contribution in [2.24, 2.45) is 0 Å². The van der Waals surface area contributed by atoms with Crippen molar-refractivity contribution in [1.29, 1.82) is 0 Å². The van der Waals surface area contributed by atoms with E-state index in [0.29, 0.717) is 11.6 Å². The molecule has 2 aromatic rings. The molecule has 1 aromatic heterocycles. The average Bonchev–Trinajstić information content (AvgIpc) is 3.20. The molecule has 134 valence electrons. The molecular formula is C21H22N2OS2. The zero-order valence-electron chi connectivity index (χ0n) is 14.6. The summed E-state index contributed by atoms with van der Waals surface area (Å²) >= 11 is 3.57. The first-order valence-electron chi connectivity index (χ1n) is 9.11. The van der Waals surface area contributed by atoms with Gasteiger partial charge in [-0.05, 0) is 60.3 Å². The summed E-state index contributed by atoms with van der Waals surface area (Å²) in [7, 11) is 0. The van der Waals surface area contributed by atoms with Crippen molar-refractivity contribution in [3.05, 3.63) is 64.1 Å². The van der Waals surface area contributed by atoms with Crippen molar-refractivity contribution in [2.75, 3.05) is 16.8 Å². The molecule has 1 amide bonds. The van der Waals surface area contributed by atoms with E-state index in [1.165, 1.54) is 35.5 Å². The van der Waals surface area contributed by atoms with Gasteiger partial charge in [0.15, 0.2) is 0 Å². The minimum absolute atomic E-state index is 0.114. The van der Waals surface area contributed by atoms with Crippen LogP contribution in [0.25, 0.3) is 5.57 Å². The van der Waals surface area contributed by atoms with Crippen LogP contribution in [-0.4, -0.2) is 22.4 Å². The second-order valence-corrected chi connectivity index (χ2v) is 8.71. The molecule has 0 unspecified atom stereocenters. The minimum Gasteiger partial charge on any atom is -0.320 e. The number of thiazole rings is 1. The molecule has 1 saturated heterocycles. The Morgan fingerprint density at radius 1 is 1.19 bits per heavy atom. The zero-order chi connectivity index (χ0) is 17.8. The Bertz CT molecular complexity index is 847. The molecule has 1 fully saturated rings. The quantitative estimate of drug-likeness (QED) is 0.733. The molecule has 0 atom stereocenters. The maximum Gasteiger partial charge on any atom is 0.275 e. The van der Waals surface area contributed by atoms with Crippen LogP contribution in [0.3, 0.4) is 0 Å². The van der Waals surface area contributed by atoms with Gasteiger partial charge in [0.05, 0.1) is 0 Å². The topological polar surface area (TPSA) is 42.0 Å². The van der Waals surface area contributed by atoms with Crippen LogP contribution >= 0.6 is 23.1 Å². The lowest BCUT2D eigenvalue weighted by Gasteiger charge is -2.24. The number of hydrogen-bond acceptors (Lipinski definition) is 4. The number of anilines is 1. The summed E-state index contributed by atoms with van der Waals surface area (Å²) < 4.78 is 0. The fourth-order valence-corrected chi connectivity index (χ4v) is 5.43. The van der Waals surface area contributed by atoms with Crippen molar-refractivity contribution in [1.82, 2.24) is 4.98 Å². The highest BCUT2D eigenvalue weighted by Crippen LogP contribution is 2.35. The summed E-state index contributed by atoms with van der Waals surface area (Å²) in [6.07, 6.45) is 10.7. The standard InChI is InChI=1S/C21H22N2OS2/c24-20(19-14-26-21(23-19)16-6-2-1-3-7-16)22-18-9-5-4-8-17(18)15-10-12-25-13-11-15/h1-2,4-6,8-9,14-15H,3,7,10-13H2,(H,22,24). The Morgan fingerprint density at radius 2 is 2.04 bits per heavy atom. The van der Waals surface area contributed by atoms with E-state index in [1.54, 1.807) is 11.3 Å². The van der Waals surface area contributed by atoms with Gasteiger partial charge in [-0.25, -0.2) is 4.98 Å². The monoisotopic (exact) mass is 382 g/mol. The van der Waals surface area contributed by atoms with E-state index < -0.39 is 0 Å². The summed E-state index contributed by atoms with van der Waals surface area (Å²) in [5.74, 6) is 2.83. The van der Waals surface area contributed by atoms with E-state index in [2.05, 4.69) is 40.7 Å². The largest absolute Gasteiger partial charge is 0.320 e. The van der Waals surface area contributed by atoms with Crippen LogP contribution in [0.5, 0.6) is 0 Å². The van der Waals surface area contributed by atoms with Crippen molar-refractivity contribution in [3.63, 3.8) is 0 Å². The maximum atomic E-state index is 12.7. The van der Waals surface area contributed by atoms with Gasteiger partial charge in [-0.3, -0.25) is 4.79 Å². The summed E-state index contributed by atoms with van der Waals surface area (Å²) in [6.45, 7) is 0. The smallest absolute Gasteiger partial charge is 0.275 e. The number of aromatic nitrogens is 1. The van der Waals surface area contributed by atoms with Crippen LogP contribution in [0.4, 0.5) is 5.69 Å². The van der Waals surface area contributed by atoms with Gasteiger partial charge < -0.3 is 5.32 Å². The fraction of sp³-hybridized carbons (Fsp3) is 0.333. The lowest BCUT2D eigenvalue weighted by Crippen LogP contribution is -2.16. The molecule has 1 aliphatic carbocycles. The van der Waals surface area contributed by atoms with Gasteiger partial charge in [-0.2, -0.15) is 11.8 Å². The van der Waals surface area contributed by atoms with Crippen molar-refractivity contribution >= 4 is 40.3 Å². The Balaban J connectivity index is 1.51. The first-order chi connectivity index (χ1) is 12.8. The third kappa shape index (κ3) is 3.94. The Hall–Kier alpha value is -1.85. The minimum atomic E-state index is -0.114. The second kappa shape index (κ2) is 8.23. The molecule has 1 N–H and O–H groups in total. The molecule has 2 heterocycles. The van der Waals surface area contributed by atoms with Gasteiger partial charge in [0.1, 0.15) is 10.7 Å². The molecule has 5 heteroatoms. The van der Waals surface area contributed by atoms with Crippen LogP contribution in [0.2, 0.25) is 0 Å². The van der Waals surface area contributed by atoms with Crippen LogP contribution < -0.4 is 5.32 Å². The summed E-state index contributed by atoms with van der Waals surface area (Å²) in [5, 5.41) is 5.93. The summed E-state index contributed by atoms with van der Waals surface area (Å²) in [5.41, 5.74) is 3.92. The Kier molecular flexibility index (Phi) is 5.56. The van der Waals surface area contributed by atoms with Crippen LogP contribution in [0.15, 0.2) is 47.9 Å². The maximum absolute atomic E-state index is 12.7. The Labute approximate surface area is 162 Å². The van der Waals surface area contributed by atoms with E-state index in [1.807, 2.05) is 29.3 Å². The Morgan fingerprint density at radius 3 is 2.85 bits per heavy atom. The van der Waals surface area contributed by atoms with Gasteiger partial charge in [0, 0.05) is 11.1 Å². The lowest BCUT2D eigenvalue weighted by molar-refractivity contribution is 0.102. The van der Waals surface area contributed by atoms with Crippen LogP contribution in [0.1, 0.15) is 52.7 Å². The van der Waals surface area contributed by atoms with E-state index in [0.717, 1.165) is 23.5 Å². The number of amides is 1. The van der Waals surface area contributed by atoms with Crippen LogP contribution in [-0.2, 0) is 0 Å². The van der Waals surface area contributed by atoms with Crippen LogP contribution in [0, 0.1) is 0 Å². The number of nitrogens with one attached hydrogen (secondary N) is 1. The van der Waals surface area contributed by atoms with E-state index in [-0.39, 0.29) is 5.91 Å². The molecule has 2 aliphatic rings. The molecule has 0 radical (unpaired) electrons.